The number of anilines is 3. The molecule has 0 atom stereocenters. The van der Waals surface area contributed by atoms with Crippen LogP contribution in [0.1, 0.15) is 36.1 Å². The molecule has 11 aromatic rings. The van der Waals surface area contributed by atoms with Crippen molar-refractivity contribution in [3.63, 3.8) is 0 Å². The van der Waals surface area contributed by atoms with E-state index < -0.39 is 0 Å². The van der Waals surface area contributed by atoms with E-state index in [4.69, 9.17) is 0 Å². The first-order valence-electron chi connectivity index (χ1n) is 22.4. The molecular formula is C63H44FN. The fourth-order valence-electron chi connectivity index (χ4n) is 10.5. The fraction of sp³-hybridized carbons (Fsp3) is 0.0476. The van der Waals surface area contributed by atoms with Crippen molar-refractivity contribution in [1.29, 1.82) is 0 Å². The van der Waals surface area contributed by atoms with E-state index in [9.17, 15) is 4.39 Å². The van der Waals surface area contributed by atoms with Gasteiger partial charge in [-0.2, -0.15) is 0 Å². The fourth-order valence-corrected chi connectivity index (χ4v) is 10.5. The van der Waals surface area contributed by atoms with Crippen LogP contribution >= 0.6 is 0 Å². The molecule has 0 bridgehead atoms. The minimum Gasteiger partial charge on any atom is -0.310 e. The molecule has 308 valence electrons. The monoisotopic (exact) mass is 833 g/mol. The van der Waals surface area contributed by atoms with Crippen molar-refractivity contribution in [3.05, 3.63) is 246 Å². The first-order chi connectivity index (χ1) is 31.9. The van der Waals surface area contributed by atoms with Crippen LogP contribution in [0.4, 0.5) is 21.5 Å². The molecule has 0 fully saturated rings. The van der Waals surface area contributed by atoms with Crippen molar-refractivity contribution >= 4 is 72.3 Å². The van der Waals surface area contributed by atoms with Crippen LogP contribution in [0.3, 0.4) is 0 Å². The van der Waals surface area contributed by atoms with Crippen LogP contribution < -0.4 is 4.90 Å². The highest BCUT2D eigenvalue weighted by atomic mass is 19.1. The third kappa shape index (κ3) is 6.52. The molecule has 0 aliphatic heterocycles. The average molecular weight is 834 g/mol. The van der Waals surface area contributed by atoms with Gasteiger partial charge >= 0.3 is 0 Å². The van der Waals surface area contributed by atoms with Crippen molar-refractivity contribution < 1.29 is 4.39 Å². The van der Waals surface area contributed by atoms with E-state index in [0.717, 1.165) is 28.0 Å². The standard InChI is InChI=1S/C63H44FN/c1-63(2)59-38-42(26-36-52(59)53-37-35-50(40-60(53)63)65(48-33-30-47(64)31-34-48)49-32-29-43-12-3-4-14-46(43)39-49)23-22-41-24-27-45(28-25-41)61-55-17-7-9-19-57(55)62(58-20-10-8-18-56(58)61)54-21-11-15-44-13-5-6-16-51(44)54/h3-40H,1-2H3/b23-22+. The summed E-state index contributed by atoms with van der Waals surface area (Å²) in [5.41, 5.74) is 15.2. The molecule has 2 heteroatoms. The number of hydrogen-bond acceptors (Lipinski definition) is 1. The van der Waals surface area contributed by atoms with Crippen LogP contribution in [0.5, 0.6) is 0 Å². The van der Waals surface area contributed by atoms with E-state index in [0.29, 0.717) is 0 Å². The van der Waals surface area contributed by atoms with Gasteiger partial charge in [-0.05, 0) is 147 Å². The van der Waals surface area contributed by atoms with Gasteiger partial charge in [-0.3, -0.25) is 0 Å². The van der Waals surface area contributed by atoms with Crippen LogP contribution in [0, 0.1) is 5.82 Å². The maximum atomic E-state index is 14.2. The van der Waals surface area contributed by atoms with E-state index >= 15 is 0 Å². The minimum absolute atomic E-state index is 0.237. The van der Waals surface area contributed by atoms with Crippen LogP contribution in [0.15, 0.2) is 218 Å². The summed E-state index contributed by atoms with van der Waals surface area (Å²) >= 11 is 0. The number of benzene rings is 11. The molecule has 0 radical (unpaired) electrons. The van der Waals surface area contributed by atoms with Gasteiger partial charge in [0.1, 0.15) is 5.82 Å². The van der Waals surface area contributed by atoms with Gasteiger partial charge in [-0.25, -0.2) is 4.39 Å². The molecule has 0 saturated heterocycles. The Balaban J connectivity index is 0.868. The number of nitrogens with zero attached hydrogens (tertiary/aromatic N) is 1. The van der Waals surface area contributed by atoms with E-state index in [-0.39, 0.29) is 11.2 Å². The average Bonchev–Trinajstić information content (AvgIpc) is 3.57. The summed E-state index contributed by atoms with van der Waals surface area (Å²) in [5.74, 6) is -0.249. The second kappa shape index (κ2) is 15.3. The Morgan fingerprint density at radius 1 is 0.369 bits per heavy atom. The van der Waals surface area contributed by atoms with Crippen molar-refractivity contribution in [3.8, 4) is 33.4 Å². The molecule has 0 spiro atoms. The Hall–Kier alpha value is -8.07. The summed E-state index contributed by atoms with van der Waals surface area (Å²) in [4.78, 5) is 2.23. The Kier molecular flexibility index (Phi) is 9.10. The van der Waals surface area contributed by atoms with Gasteiger partial charge in [-0.1, -0.05) is 196 Å². The van der Waals surface area contributed by atoms with Crippen LogP contribution in [0.2, 0.25) is 0 Å². The molecule has 0 heterocycles. The first kappa shape index (κ1) is 38.6. The van der Waals surface area contributed by atoms with E-state index in [1.807, 2.05) is 12.1 Å². The quantitative estimate of drug-likeness (QED) is 0.114. The predicted octanol–water partition coefficient (Wildman–Crippen LogP) is 17.7. The Labute approximate surface area is 379 Å². The van der Waals surface area contributed by atoms with Gasteiger partial charge in [0.25, 0.3) is 0 Å². The minimum atomic E-state index is -0.249. The highest BCUT2D eigenvalue weighted by molar-refractivity contribution is 6.23. The van der Waals surface area contributed by atoms with Crippen LogP contribution in [-0.2, 0) is 5.41 Å². The third-order valence-electron chi connectivity index (χ3n) is 13.7. The summed E-state index contributed by atoms with van der Waals surface area (Å²) in [6, 6.07) is 77.5. The number of hydrogen-bond donors (Lipinski definition) is 0. The number of halogens is 1. The molecule has 1 aliphatic carbocycles. The lowest BCUT2D eigenvalue weighted by atomic mass is 9.81. The molecule has 12 rings (SSSR count). The zero-order valence-corrected chi connectivity index (χ0v) is 36.3. The zero-order valence-electron chi connectivity index (χ0n) is 36.3. The molecule has 0 N–H and O–H groups in total. The summed E-state index contributed by atoms with van der Waals surface area (Å²) in [7, 11) is 0. The molecule has 0 aromatic heterocycles. The van der Waals surface area contributed by atoms with Crippen molar-refractivity contribution in [2.24, 2.45) is 0 Å². The maximum absolute atomic E-state index is 14.2. The maximum Gasteiger partial charge on any atom is 0.123 e. The normalized spacial score (nSPS) is 12.9. The van der Waals surface area contributed by atoms with Crippen LogP contribution in [-0.4, -0.2) is 0 Å². The van der Waals surface area contributed by atoms with Crippen molar-refractivity contribution in [2.45, 2.75) is 19.3 Å². The van der Waals surface area contributed by atoms with Crippen LogP contribution in [0.25, 0.3) is 88.6 Å². The Bertz CT molecular complexity index is 3630. The summed E-state index contributed by atoms with van der Waals surface area (Å²) < 4.78 is 14.2. The van der Waals surface area contributed by atoms with Crippen molar-refractivity contribution in [2.75, 3.05) is 4.90 Å². The topological polar surface area (TPSA) is 3.24 Å². The van der Waals surface area contributed by atoms with E-state index in [1.54, 1.807) is 0 Å². The molecular weight excluding hydrogens is 790 g/mol. The van der Waals surface area contributed by atoms with Gasteiger partial charge in [-0.15, -0.1) is 0 Å². The molecule has 0 amide bonds. The first-order valence-corrected chi connectivity index (χ1v) is 22.4. The predicted molar refractivity (Wildman–Crippen MR) is 275 cm³/mol. The Morgan fingerprint density at radius 2 is 0.877 bits per heavy atom. The van der Waals surface area contributed by atoms with Gasteiger partial charge in [0.2, 0.25) is 0 Å². The zero-order chi connectivity index (χ0) is 43.6. The summed E-state index contributed by atoms with van der Waals surface area (Å²) in [5, 5.41) is 9.88. The van der Waals surface area contributed by atoms with Gasteiger partial charge in [0, 0.05) is 22.5 Å². The van der Waals surface area contributed by atoms with Gasteiger partial charge in [0.05, 0.1) is 0 Å². The molecule has 1 aliphatic rings. The Morgan fingerprint density at radius 3 is 1.58 bits per heavy atom. The molecule has 1 nitrogen and oxygen atoms in total. The second-order valence-corrected chi connectivity index (χ2v) is 17.8. The molecule has 0 unspecified atom stereocenters. The summed E-state index contributed by atoms with van der Waals surface area (Å²) in [6.45, 7) is 4.65. The SMILES string of the molecule is CC1(C)c2cc(/C=C/c3ccc(-c4c5ccccc5c(-c5cccc6ccccc56)c5ccccc45)cc3)ccc2-c2ccc(N(c3ccc(F)cc3)c3ccc4ccccc4c3)cc21. The molecule has 65 heavy (non-hydrogen) atoms. The lowest BCUT2D eigenvalue weighted by molar-refractivity contribution is 0.628. The van der Waals surface area contributed by atoms with E-state index in [1.165, 1.54) is 99.9 Å². The van der Waals surface area contributed by atoms with E-state index in [2.05, 4.69) is 225 Å². The van der Waals surface area contributed by atoms with Crippen molar-refractivity contribution in [1.82, 2.24) is 0 Å². The second-order valence-electron chi connectivity index (χ2n) is 17.8. The third-order valence-corrected chi connectivity index (χ3v) is 13.7. The lowest BCUT2D eigenvalue weighted by Gasteiger charge is -2.28. The number of rotatable bonds is 7. The highest BCUT2D eigenvalue weighted by Gasteiger charge is 2.36. The lowest BCUT2D eigenvalue weighted by Crippen LogP contribution is -2.16. The smallest absolute Gasteiger partial charge is 0.123 e. The summed E-state index contributed by atoms with van der Waals surface area (Å²) in [6.07, 6.45) is 4.46. The molecule has 11 aromatic carbocycles. The largest absolute Gasteiger partial charge is 0.310 e. The van der Waals surface area contributed by atoms with Gasteiger partial charge < -0.3 is 4.90 Å². The number of fused-ring (bicyclic) bond motifs is 7. The highest BCUT2D eigenvalue weighted by Crippen LogP contribution is 2.51. The van der Waals surface area contributed by atoms with Gasteiger partial charge in [0.15, 0.2) is 0 Å². The molecule has 0 saturated carbocycles.